The van der Waals surface area contributed by atoms with Gasteiger partial charge in [-0.05, 0) is 32.4 Å². The van der Waals surface area contributed by atoms with E-state index in [9.17, 15) is 0 Å². The smallest absolute Gasteiger partial charge is 0.101 e. The van der Waals surface area contributed by atoms with Crippen molar-refractivity contribution in [1.29, 1.82) is 0 Å². The summed E-state index contributed by atoms with van der Waals surface area (Å²) in [6.45, 7) is 5.38. The van der Waals surface area contributed by atoms with Gasteiger partial charge in [-0.25, -0.2) is 4.98 Å². The number of pyridine rings is 1. The van der Waals surface area contributed by atoms with Gasteiger partial charge in [0.15, 0.2) is 0 Å². The van der Waals surface area contributed by atoms with Gasteiger partial charge in [0.25, 0.3) is 0 Å². The molecular formula is C15H24N2S. The van der Waals surface area contributed by atoms with Crippen molar-refractivity contribution in [3.63, 3.8) is 0 Å². The van der Waals surface area contributed by atoms with Gasteiger partial charge >= 0.3 is 0 Å². The molecule has 2 nitrogen and oxygen atoms in total. The van der Waals surface area contributed by atoms with Gasteiger partial charge in [0.2, 0.25) is 0 Å². The summed E-state index contributed by atoms with van der Waals surface area (Å²) in [6.07, 6.45) is 8.84. The Morgan fingerprint density at radius 2 is 2.17 bits per heavy atom. The molecule has 1 atom stereocenters. The van der Waals surface area contributed by atoms with Crippen molar-refractivity contribution in [3.8, 4) is 0 Å². The molecule has 0 spiro atoms. The lowest BCUT2D eigenvalue weighted by molar-refractivity contribution is 0.515. The standard InChI is InChI=1S/C15H24N2S/c1-3-16-12(2)14-10-7-11-17-15(14)18-13-8-5-4-6-9-13/h7,10-13,16H,3-6,8-9H2,1-2H3. The molecule has 0 aromatic carbocycles. The molecular weight excluding hydrogens is 240 g/mol. The van der Waals surface area contributed by atoms with Gasteiger partial charge < -0.3 is 5.32 Å². The molecule has 1 unspecified atom stereocenters. The minimum Gasteiger partial charge on any atom is -0.310 e. The molecule has 0 radical (unpaired) electrons. The molecule has 0 saturated heterocycles. The number of nitrogens with zero attached hydrogens (tertiary/aromatic N) is 1. The van der Waals surface area contributed by atoms with E-state index in [-0.39, 0.29) is 0 Å². The van der Waals surface area contributed by atoms with Crippen LogP contribution in [0.2, 0.25) is 0 Å². The maximum atomic E-state index is 4.60. The minimum absolute atomic E-state index is 0.398. The molecule has 1 aliphatic rings. The Labute approximate surface area is 115 Å². The van der Waals surface area contributed by atoms with Gasteiger partial charge in [0.1, 0.15) is 5.03 Å². The zero-order chi connectivity index (χ0) is 12.8. The molecule has 1 aromatic heterocycles. The number of rotatable bonds is 5. The maximum Gasteiger partial charge on any atom is 0.101 e. The van der Waals surface area contributed by atoms with Crippen molar-refractivity contribution in [2.75, 3.05) is 6.54 Å². The molecule has 1 aliphatic carbocycles. The van der Waals surface area contributed by atoms with E-state index in [2.05, 4.69) is 30.2 Å². The molecule has 1 N–H and O–H groups in total. The van der Waals surface area contributed by atoms with Crippen molar-refractivity contribution < 1.29 is 0 Å². The van der Waals surface area contributed by atoms with Crippen molar-refractivity contribution in [2.24, 2.45) is 0 Å². The van der Waals surface area contributed by atoms with E-state index >= 15 is 0 Å². The molecule has 0 bridgehead atoms. The highest BCUT2D eigenvalue weighted by atomic mass is 32.2. The Bertz CT molecular complexity index is 361. The molecule has 2 rings (SSSR count). The Hall–Kier alpha value is -0.540. The second kappa shape index (κ2) is 7.15. The van der Waals surface area contributed by atoms with Crippen molar-refractivity contribution in [2.45, 2.75) is 62.3 Å². The van der Waals surface area contributed by atoms with Crippen LogP contribution in [-0.2, 0) is 0 Å². The number of nitrogens with one attached hydrogen (secondary N) is 1. The SMILES string of the molecule is CCNC(C)c1cccnc1SC1CCCCC1. The maximum absolute atomic E-state index is 4.60. The quantitative estimate of drug-likeness (QED) is 0.863. The Morgan fingerprint density at radius 3 is 2.89 bits per heavy atom. The lowest BCUT2D eigenvalue weighted by Crippen LogP contribution is -2.19. The summed E-state index contributed by atoms with van der Waals surface area (Å²) in [5.41, 5.74) is 1.36. The summed E-state index contributed by atoms with van der Waals surface area (Å²) in [5, 5.41) is 5.50. The average molecular weight is 264 g/mol. The predicted molar refractivity (Wildman–Crippen MR) is 79.1 cm³/mol. The predicted octanol–water partition coefficient (Wildman–Crippen LogP) is 4.18. The van der Waals surface area contributed by atoms with Gasteiger partial charge in [0.05, 0.1) is 0 Å². The van der Waals surface area contributed by atoms with E-state index in [0.717, 1.165) is 11.8 Å². The van der Waals surface area contributed by atoms with Crippen LogP contribution in [0.25, 0.3) is 0 Å². The van der Waals surface area contributed by atoms with Gasteiger partial charge in [-0.15, -0.1) is 11.8 Å². The monoisotopic (exact) mass is 264 g/mol. The first-order valence-electron chi connectivity index (χ1n) is 7.16. The van der Waals surface area contributed by atoms with Crippen molar-refractivity contribution in [1.82, 2.24) is 10.3 Å². The van der Waals surface area contributed by atoms with Crippen LogP contribution < -0.4 is 5.32 Å². The number of aromatic nitrogens is 1. The van der Waals surface area contributed by atoms with Crippen LogP contribution in [0.3, 0.4) is 0 Å². The first-order chi connectivity index (χ1) is 8.81. The fourth-order valence-electron chi connectivity index (χ4n) is 2.59. The molecule has 0 amide bonds. The lowest BCUT2D eigenvalue weighted by atomic mass is 10.0. The lowest BCUT2D eigenvalue weighted by Gasteiger charge is -2.23. The summed E-state index contributed by atoms with van der Waals surface area (Å²) < 4.78 is 0. The van der Waals surface area contributed by atoms with E-state index in [1.807, 2.05) is 24.0 Å². The van der Waals surface area contributed by atoms with E-state index < -0.39 is 0 Å². The van der Waals surface area contributed by atoms with Crippen LogP contribution >= 0.6 is 11.8 Å². The van der Waals surface area contributed by atoms with Crippen LogP contribution in [0.5, 0.6) is 0 Å². The molecule has 100 valence electrons. The fourth-order valence-corrected chi connectivity index (χ4v) is 3.98. The van der Waals surface area contributed by atoms with Crippen LogP contribution in [-0.4, -0.2) is 16.8 Å². The second-order valence-corrected chi connectivity index (χ2v) is 6.34. The van der Waals surface area contributed by atoms with E-state index in [1.54, 1.807) is 0 Å². The molecule has 18 heavy (non-hydrogen) atoms. The summed E-state index contributed by atoms with van der Waals surface area (Å²) in [4.78, 5) is 4.60. The van der Waals surface area contributed by atoms with Crippen LogP contribution in [0.15, 0.2) is 23.4 Å². The molecule has 1 heterocycles. The van der Waals surface area contributed by atoms with Crippen molar-refractivity contribution in [3.05, 3.63) is 23.9 Å². The third-order valence-electron chi connectivity index (χ3n) is 3.61. The third kappa shape index (κ3) is 3.72. The Kier molecular flexibility index (Phi) is 5.51. The largest absolute Gasteiger partial charge is 0.310 e. The fraction of sp³-hybridized carbons (Fsp3) is 0.667. The molecule has 1 fully saturated rings. The second-order valence-electron chi connectivity index (χ2n) is 5.06. The van der Waals surface area contributed by atoms with Gasteiger partial charge in [0, 0.05) is 23.1 Å². The highest BCUT2D eigenvalue weighted by Gasteiger charge is 2.18. The van der Waals surface area contributed by atoms with E-state index in [1.165, 1.54) is 42.7 Å². The number of hydrogen-bond acceptors (Lipinski definition) is 3. The Balaban J connectivity index is 2.06. The molecule has 1 aromatic rings. The zero-order valence-corrected chi connectivity index (χ0v) is 12.3. The third-order valence-corrected chi connectivity index (χ3v) is 4.98. The first kappa shape index (κ1) is 13.9. The first-order valence-corrected chi connectivity index (χ1v) is 8.04. The minimum atomic E-state index is 0.398. The van der Waals surface area contributed by atoms with E-state index in [4.69, 9.17) is 0 Å². The normalized spacial score (nSPS) is 18.8. The summed E-state index contributed by atoms with van der Waals surface area (Å²) in [5.74, 6) is 0. The van der Waals surface area contributed by atoms with Crippen LogP contribution in [0, 0.1) is 0 Å². The summed E-state index contributed by atoms with van der Waals surface area (Å²) in [6, 6.07) is 4.66. The molecule has 0 aliphatic heterocycles. The highest BCUT2D eigenvalue weighted by molar-refractivity contribution is 7.99. The molecule has 3 heteroatoms. The zero-order valence-electron chi connectivity index (χ0n) is 11.5. The average Bonchev–Trinajstić information content (AvgIpc) is 2.41. The van der Waals surface area contributed by atoms with Gasteiger partial charge in [-0.3, -0.25) is 0 Å². The van der Waals surface area contributed by atoms with E-state index in [0.29, 0.717) is 6.04 Å². The Morgan fingerprint density at radius 1 is 1.39 bits per heavy atom. The highest BCUT2D eigenvalue weighted by Crippen LogP contribution is 2.35. The summed E-state index contributed by atoms with van der Waals surface area (Å²) >= 11 is 1.99. The van der Waals surface area contributed by atoms with Crippen molar-refractivity contribution >= 4 is 11.8 Å². The summed E-state index contributed by atoms with van der Waals surface area (Å²) in [7, 11) is 0. The topological polar surface area (TPSA) is 24.9 Å². The van der Waals surface area contributed by atoms with Gasteiger partial charge in [-0.2, -0.15) is 0 Å². The van der Waals surface area contributed by atoms with Gasteiger partial charge in [-0.1, -0.05) is 32.3 Å². The molecule has 1 saturated carbocycles. The number of thioether (sulfide) groups is 1. The van der Waals surface area contributed by atoms with Crippen LogP contribution in [0.4, 0.5) is 0 Å². The number of hydrogen-bond donors (Lipinski definition) is 1. The van der Waals surface area contributed by atoms with Crippen LogP contribution in [0.1, 0.15) is 57.6 Å².